The molecule has 0 radical (unpaired) electrons. The SMILES string of the molecule is Cc1ncc(C(=O)NC(CCC(N)=O)C(=O)O)s1. The summed E-state index contributed by atoms with van der Waals surface area (Å²) in [5.41, 5.74) is 4.93. The Balaban J connectivity index is 2.63. The number of rotatable bonds is 6. The molecule has 8 heteroatoms. The Kier molecular flexibility index (Phi) is 4.78. The number of hydrogen-bond acceptors (Lipinski definition) is 5. The van der Waals surface area contributed by atoms with Gasteiger partial charge in [-0.3, -0.25) is 9.59 Å². The second-order valence-corrected chi connectivity index (χ2v) is 4.85. The highest BCUT2D eigenvalue weighted by Gasteiger charge is 2.22. The van der Waals surface area contributed by atoms with Crippen LogP contribution in [-0.4, -0.2) is 33.9 Å². The van der Waals surface area contributed by atoms with Gasteiger partial charge >= 0.3 is 5.97 Å². The van der Waals surface area contributed by atoms with Crippen molar-refractivity contribution in [3.05, 3.63) is 16.1 Å². The van der Waals surface area contributed by atoms with Crippen molar-refractivity contribution in [1.82, 2.24) is 10.3 Å². The van der Waals surface area contributed by atoms with Gasteiger partial charge in [0.05, 0.1) is 11.2 Å². The van der Waals surface area contributed by atoms with Crippen molar-refractivity contribution in [2.75, 3.05) is 0 Å². The van der Waals surface area contributed by atoms with Crippen LogP contribution in [-0.2, 0) is 9.59 Å². The first-order chi connectivity index (χ1) is 8.40. The topological polar surface area (TPSA) is 122 Å². The summed E-state index contributed by atoms with van der Waals surface area (Å²) in [6, 6.07) is -1.13. The fraction of sp³-hybridized carbons (Fsp3) is 0.400. The Hall–Kier alpha value is -1.96. The van der Waals surface area contributed by atoms with Gasteiger partial charge in [-0.2, -0.15) is 0 Å². The zero-order valence-corrected chi connectivity index (χ0v) is 10.5. The highest BCUT2D eigenvalue weighted by Crippen LogP contribution is 2.11. The minimum atomic E-state index is -1.20. The lowest BCUT2D eigenvalue weighted by atomic mass is 10.1. The van der Waals surface area contributed by atoms with Crippen molar-refractivity contribution < 1.29 is 19.5 Å². The standard InChI is InChI=1S/C10H13N3O4S/c1-5-12-4-7(18-5)9(15)13-6(10(16)17)2-3-8(11)14/h4,6H,2-3H2,1H3,(H2,11,14)(H,13,15)(H,16,17). The Bertz CT molecular complexity index is 471. The van der Waals surface area contributed by atoms with E-state index in [1.807, 2.05) is 0 Å². The van der Waals surface area contributed by atoms with Crippen LogP contribution in [0.25, 0.3) is 0 Å². The van der Waals surface area contributed by atoms with Crippen LogP contribution in [0.1, 0.15) is 27.5 Å². The number of carboxylic acid groups (broad SMARTS) is 1. The van der Waals surface area contributed by atoms with Crippen LogP contribution in [0, 0.1) is 6.92 Å². The molecule has 1 unspecified atom stereocenters. The lowest BCUT2D eigenvalue weighted by Gasteiger charge is -2.12. The normalized spacial score (nSPS) is 11.8. The zero-order chi connectivity index (χ0) is 13.7. The molecule has 2 amide bonds. The van der Waals surface area contributed by atoms with Gasteiger partial charge in [-0.1, -0.05) is 0 Å². The summed E-state index contributed by atoms with van der Waals surface area (Å²) >= 11 is 1.17. The van der Waals surface area contributed by atoms with E-state index < -0.39 is 23.8 Å². The van der Waals surface area contributed by atoms with Gasteiger partial charge < -0.3 is 16.2 Å². The van der Waals surface area contributed by atoms with Crippen LogP contribution in [0.5, 0.6) is 0 Å². The smallest absolute Gasteiger partial charge is 0.326 e. The number of primary amides is 1. The number of nitrogens with two attached hydrogens (primary N) is 1. The van der Waals surface area contributed by atoms with Crippen LogP contribution in [0.2, 0.25) is 0 Å². The molecule has 98 valence electrons. The number of hydrogen-bond donors (Lipinski definition) is 3. The lowest BCUT2D eigenvalue weighted by Crippen LogP contribution is -2.41. The number of nitrogens with zero attached hydrogens (tertiary/aromatic N) is 1. The number of carbonyl (C=O) groups is 3. The number of thiazole rings is 1. The van der Waals surface area contributed by atoms with Crippen LogP contribution < -0.4 is 11.1 Å². The summed E-state index contributed by atoms with van der Waals surface area (Å²) in [6.07, 6.45) is 1.25. The predicted octanol–water partition coefficient (Wildman–Crippen LogP) is -0.1000. The Labute approximate surface area is 107 Å². The van der Waals surface area contributed by atoms with E-state index in [1.54, 1.807) is 6.92 Å². The summed E-state index contributed by atoms with van der Waals surface area (Å²) in [4.78, 5) is 37.4. The fourth-order valence-electron chi connectivity index (χ4n) is 1.24. The molecule has 7 nitrogen and oxygen atoms in total. The van der Waals surface area contributed by atoms with Crippen LogP contribution in [0.4, 0.5) is 0 Å². The molecular formula is C10H13N3O4S. The minimum Gasteiger partial charge on any atom is -0.480 e. The van der Waals surface area contributed by atoms with E-state index in [9.17, 15) is 14.4 Å². The molecule has 0 spiro atoms. The second kappa shape index (κ2) is 6.10. The summed E-state index contributed by atoms with van der Waals surface area (Å²) in [6.45, 7) is 1.74. The molecule has 0 saturated heterocycles. The number of aryl methyl sites for hydroxylation is 1. The number of aliphatic carboxylic acids is 1. The predicted molar refractivity (Wildman–Crippen MR) is 64.2 cm³/mol. The van der Waals surface area contributed by atoms with Crippen LogP contribution in [0.3, 0.4) is 0 Å². The van der Waals surface area contributed by atoms with Gasteiger partial charge in [-0.05, 0) is 13.3 Å². The van der Waals surface area contributed by atoms with Crippen LogP contribution >= 0.6 is 11.3 Å². The molecule has 0 aliphatic heterocycles. The van der Waals surface area contributed by atoms with E-state index in [4.69, 9.17) is 10.8 Å². The van der Waals surface area contributed by atoms with E-state index in [-0.39, 0.29) is 12.8 Å². The molecule has 0 fully saturated rings. The largest absolute Gasteiger partial charge is 0.480 e. The van der Waals surface area contributed by atoms with Gasteiger partial charge in [0.1, 0.15) is 10.9 Å². The molecule has 0 saturated carbocycles. The first kappa shape index (κ1) is 14.1. The van der Waals surface area contributed by atoms with Gasteiger partial charge in [0, 0.05) is 6.42 Å². The molecule has 0 aliphatic rings. The Morgan fingerprint density at radius 1 is 1.56 bits per heavy atom. The third-order valence-electron chi connectivity index (χ3n) is 2.13. The molecule has 0 bridgehead atoms. The molecule has 0 aliphatic carbocycles. The molecule has 18 heavy (non-hydrogen) atoms. The lowest BCUT2D eigenvalue weighted by molar-refractivity contribution is -0.139. The molecular weight excluding hydrogens is 258 g/mol. The summed E-state index contributed by atoms with van der Waals surface area (Å²) < 4.78 is 0. The van der Waals surface area contributed by atoms with Gasteiger partial charge in [0.15, 0.2) is 0 Å². The third kappa shape index (κ3) is 4.13. The first-order valence-corrected chi connectivity index (χ1v) is 5.96. The summed E-state index contributed by atoms with van der Waals surface area (Å²) in [5, 5.41) is 11.9. The molecule has 1 aromatic heterocycles. The highest BCUT2D eigenvalue weighted by atomic mass is 32.1. The summed E-state index contributed by atoms with van der Waals surface area (Å²) in [7, 11) is 0. The van der Waals surface area contributed by atoms with E-state index >= 15 is 0 Å². The fourth-order valence-corrected chi connectivity index (χ4v) is 1.92. The van der Waals surface area contributed by atoms with E-state index in [0.29, 0.717) is 9.88 Å². The number of carbonyl (C=O) groups excluding carboxylic acids is 2. The van der Waals surface area contributed by atoms with Crippen LogP contribution in [0.15, 0.2) is 6.20 Å². The van der Waals surface area contributed by atoms with Crippen molar-refractivity contribution in [3.63, 3.8) is 0 Å². The van der Waals surface area contributed by atoms with Crippen molar-refractivity contribution in [2.45, 2.75) is 25.8 Å². The molecule has 1 rings (SSSR count). The molecule has 0 aromatic carbocycles. The quantitative estimate of drug-likeness (QED) is 0.666. The molecule has 1 aromatic rings. The van der Waals surface area contributed by atoms with Crippen molar-refractivity contribution in [1.29, 1.82) is 0 Å². The maximum Gasteiger partial charge on any atom is 0.326 e. The first-order valence-electron chi connectivity index (χ1n) is 5.14. The Morgan fingerprint density at radius 3 is 2.67 bits per heavy atom. The Morgan fingerprint density at radius 2 is 2.22 bits per heavy atom. The monoisotopic (exact) mass is 271 g/mol. The number of carboxylic acids is 1. The highest BCUT2D eigenvalue weighted by molar-refractivity contribution is 7.13. The average Bonchev–Trinajstić information content (AvgIpc) is 2.70. The van der Waals surface area contributed by atoms with Gasteiger partial charge in [0.25, 0.3) is 5.91 Å². The minimum absolute atomic E-state index is 0.0335. The van der Waals surface area contributed by atoms with E-state index in [0.717, 1.165) is 0 Å². The molecule has 1 heterocycles. The van der Waals surface area contributed by atoms with Gasteiger partial charge in [0.2, 0.25) is 5.91 Å². The number of aromatic nitrogens is 1. The van der Waals surface area contributed by atoms with Gasteiger partial charge in [-0.25, -0.2) is 9.78 Å². The zero-order valence-electron chi connectivity index (χ0n) is 9.67. The summed E-state index contributed by atoms with van der Waals surface area (Å²) in [5.74, 6) is -2.33. The van der Waals surface area contributed by atoms with E-state index in [2.05, 4.69) is 10.3 Å². The van der Waals surface area contributed by atoms with E-state index in [1.165, 1.54) is 17.5 Å². The van der Waals surface area contributed by atoms with Crippen molar-refractivity contribution >= 4 is 29.1 Å². The number of nitrogens with one attached hydrogen (secondary N) is 1. The third-order valence-corrected chi connectivity index (χ3v) is 3.04. The van der Waals surface area contributed by atoms with Crippen molar-refractivity contribution in [2.24, 2.45) is 5.73 Å². The second-order valence-electron chi connectivity index (χ2n) is 3.61. The molecule has 1 atom stereocenters. The maximum atomic E-state index is 11.7. The number of amides is 2. The molecule has 4 N–H and O–H groups in total. The van der Waals surface area contributed by atoms with Gasteiger partial charge in [-0.15, -0.1) is 11.3 Å². The van der Waals surface area contributed by atoms with Crippen molar-refractivity contribution in [3.8, 4) is 0 Å². The maximum absolute atomic E-state index is 11.7. The average molecular weight is 271 g/mol.